The zero-order valence-electron chi connectivity index (χ0n) is 9.53. The van der Waals surface area contributed by atoms with E-state index in [0.717, 1.165) is 0 Å². The van der Waals surface area contributed by atoms with Gasteiger partial charge in [0.1, 0.15) is 0 Å². The van der Waals surface area contributed by atoms with Crippen molar-refractivity contribution < 1.29 is 0 Å². The highest BCUT2D eigenvalue weighted by Gasteiger charge is 2.29. The average Bonchev–Trinajstić information content (AvgIpc) is 2.79. The Hall–Kier alpha value is -1.21. The largest absolute Gasteiger partial charge is 0.113 e. The summed E-state index contributed by atoms with van der Waals surface area (Å²) in [6, 6.07) is 10.8. The minimum atomic E-state index is 0.520. The van der Waals surface area contributed by atoms with Gasteiger partial charge in [0.15, 0.2) is 0 Å². The van der Waals surface area contributed by atoms with Crippen LogP contribution in [0.4, 0.5) is 0 Å². The molecule has 0 saturated heterocycles. The van der Waals surface area contributed by atoms with Gasteiger partial charge in [-0.15, -0.1) is 11.8 Å². The Kier molecular flexibility index (Phi) is 2.29. The maximum Gasteiger partial charge on any atom is 0.0560 e. The number of hydrogen-bond acceptors (Lipinski definition) is 1. The summed E-state index contributed by atoms with van der Waals surface area (Å²) in [6.45, 7) is 4.43. The molecule has 0 spiro atoms. The fourth-order valence-electron chi connectivity index (χ4n) is 2.33. The van der Waals surface area contributed by atoms with Crippen LogP contribution in [0.15, 0.2) is 64.1 Å². The molecule has 0 aromatic heterocycles. The Morgan fingerprint density at radius 3 is 2.44 bits per heavy atom. The van der Waals surface area contributed by atoms with Crippen molar-refractivity contribution in [3.8, 4) is 0 Å². The molecule has 0 radical (unpaired) electrons. The zero-order chi connectivity index (χ0) is 11.1. The first kappa shape index (κ1) is 9.98. The zero-order valence-corrected chi connectivity index (χ0v) is 10.3. The standard InChI is InChI=1S/C15H14S/c1-10-8-13-11(2)15(16-14(13)9-10)12-6-4-3-5-7-12/h3-9,15H,1-2H3. The van der Waals surface area contributed by atoms with E-state index in [2.05, 4.69) is 56.3 Å². The number of rotatable bonds is 1. The molecule has 1 aromatic carbocycles. The van der Waals surface area contributed by atoms with Gasteiger partial charge in [0.05, 0.1) is 5.25 Å². The Morgan fingerprint density at radius 1 is 1.00 bits per heavy atom. The van der Waals surface area contributed by atoms with Crippen molar-refractivity contribution in [3.05, 3.63) is 69.7 Å². The first-order valence-corrected chi connectivity index (χ1v) is 6.46. The maximum atomic E-state index is 2.31. The molecule has 0 fully saturated rings. The summed E-state index contributed by atoms with van der Waals surface area (Å²) in [5, 5.41) is 0.520. The van der Waals surface area contributed by atoms with E-state index in [0.29, 0.717) is 5.25 Å². The monoisotopic (exact) mass is 226 g/mol. The fourth-order valence-corrected chi connectivity index (χ4v) is 3.78. The van der Waals surface area contributed by atoms with Gasteiger partial charge >= 0.3 is 0 Å². The van der Waals surface area contributed by atoms with Gasteiger partial charge in [0.25, 0.3) is 0 Å². The molecule has 1 atom stereocenters. The molecule has 16 heavy (non-hydrogen) atoms. The minimum absolute atomic E-state index is 0.520. The average molecular weight is 226 g/mol. The molecule has 0 N–H and O–H groups in total. The molecule has 1 aromatic rings. The third kappa shape index (κ3) is 1.47. The van der Waals surface area contributed by atoms with Crippen molar-refractivity contribution in [1.29, 1.82) is 0 Å². The van der Waals surface area contributed by atoms with E-state index in [9.17, 15) is 0 Å². The second kappa shape index (κ2) is 3.67. The van der Waals surface area contributed by atoms with Gasteiger partial charge in [-0.1, -0.05) is 36.4 Å². The Labute approximate surface area is 101 Å². The molecule has 0 nitrogen and oxygen atoms in total. The van der Waals surface area contributed by atoms with Crippen LogP contribution < -0.4 is 0 Å². The van der Waals surface area contributed by atoms with Crippen LogP contribution in [0.2, 0.25) is 0 Å². The molecule has 0 saturated carbocycles. The normalized spacial score (nSPS) is 23.2. The molecular weight excluding hydrogens is 212 g/mol. The lowest BCUT2D eigenvalue weighted by molar-refractivity contribution is 1.12. The van der Waals surface area contributed by atoms with Gasteiger partial charge in [-0.3, -0.25) is 0 Å². The van der Waals surface area contributed by atoms with Crippen LogP contribution in [0.25, 0.3) is 0 Å². The van der Waals surface area contributed by atoms with E-state index < -0.39 is 0 Å². The highest BCUT2D eigenvalue weighted by molar-refractivity contribution is 8.04. The topological polar surface area (TPSA) is 0 Å². The molecule has 3 rings (SSSR count). The molecular formula is C15H14S. The highest BCUT2D eigenvalue weighted by Crippen LogP contribution is 2.53. The van der Waals surface area contributed by atoms with E-state index in [4.69, 9.17) is 0 Å². The molecule has 2 aliphatic rings. The lowest BCUT2D eigenvalue weighted by Gasteiger charge is -2.11. The summed E-state index contributed by atoms with van der Waals surface area (Å²) < 4.78 is 0. The summed E-state index contributed by atoms with van der Waals surface area (Å²) >= 11 is 1.98. The minimum Gasteiger partial charge on any atom is -0.113 e. The lowest BCUT2D eigenvalue weighted by atomic mass is 10.0. The van der Waals surface area contributed by atoms with Crippen LogP contribution in [0.3, 0.4) is 0 Å². The summed E-state index contributed by atoms with van der Waals surface area (Å²) in [4.78, 5) is 1.45. The smallest absolute Gasteiger partial charge is 0.0560 e. The maximum absolute atomic E-state index is 2.31. The van der Waals surface area contributed by atoms with Gasteiger partial charge in [-0.25, -0.2) is 0 Å². The third-order valence-electron chi connectivity index (χ3n) is 3.16. The molecule has 0 bridgehead atoms. The first-order chi connectivity index (χ1) is 7.75. The van der Waals surface area contributed by atoms with Crippen LogP contribution in [-0.4, -0.2) is 0 Å². The third-order valence-corrected chi connectivity index (χ3v) is 4.61. The number of thioether (sulfide) groups is 1. The Balaban J connectivity index is 2.02. The second-order valence-electron chi connectivity index (χ2n) is 4.40. The molecule has 1 aliphatic carbocycles. The molecule has 1 heteroatoms. The molecule has 1 heterocycles. The van der Waals surface area contributed by atoms with Crippen molar-refractivity contribution in [2.45, 2.75) is 19.1 Å². The number of fused-ring (bicyclic) bond motifs is 1. The summed E-state index contributed by atoms with van der Waals surface area (Å²) in [5.74, 6) is 0. The van der Waals surface area contributed by atoms with E-state index in [1.54, 1.807) is 0 Å². The number of benzene rings is 1. The second-order valence-corrected chi connectivity index (χ2v) is 5.55. The Morgan fingerprint density at radius 2 is 1.75 bits per heavy atom. The summed E-state index contributed by atoms with van der Waals surface area (Å²) in [7, 11) is 0. The van der Waals surface area contributed by atoms with Crippen LogP contribution >= 0.6 is 11.8 Å². The molecule has 1 unspecified atom stereocenters. The molecule has 80 valence electrons. The lowest BCUT2D eigenvalue weighted by Crippen LogP contribution is -1.91. The fraction of sp³-hybridized carbons (Fsp3) is 0.200. The predicted octanol–water partition coefficient (Wildman–Crippen LogP) is 4.63. The van der Waals surface area contributed by atoms with Gasteiger partial charge in [-0.2, -0.15) is 0 Å². The van der Waals surface area contributed by atoms with Crippen LogP contribution in [0.5, 0.6) is 0 Å². The summed E-state index contributed by atoms with van der Waals surface area (Å²) in [5.41, 5.74) is 5.75. The SMILES string of the molecule is CC1=CC2=C(C)C(c3ccccc3)SC2=C1. The highest BCUT2D eigenvalue weighted by atomic mass is 32.2. The quantitative estimate of drug-likeness (QED) is 0.672. The summed E-state index contributed by atoms with van der Waals surface area (Å²) in [6.07, 6.45) is 4.60. The van der Waals surface area contributed by atoms with Crippen LogP contribution in [0.1, 0.15) is 24.7 Å². The van der Waals surface area contributed by atoms with E-state index in [1.165, 1.54) is 27.2 Å². The van der Waals surface area contributed by atoms with Crippen molar-refractivity contribution in [2.24, 2.45) is 0 Å². The van der Waals surface area contributed by atoms with E-state index in [1.807, 2.05) is 11.8 Å². The van der Waals surface area contributed by atoms with Gasteiger partial charge in [0, 0.05) is 4.91 Å². The van der Waals surface area contributed by atoms with Crippen molar-refractivity contribution in [3.63, 3.8) is 0 Å². The van der Waals surface area contributed by atoms with Crippen LogP contribution in [0, 0.1) is 0 Å². The Bertz CT molecular complexity index is 518. The number of allylic oxidation sites excluding steroid dienone is 4. The van der Waals surface area contributed by atoms with Gasteiger partial charge < -0.3 is 0 Å². The van der Waals surface area contributed by atoms with Crippen molar-refractivity contribution in [2.75, 3.05) is 0 Å². The predicted molar refractivity (Wildman–Crippen MR) is 71.3 cm³/mol. The molecule has 0 amide bonds. The van der Waals surface area contributed by atoms with Gasteiger partial charge in [0.2, 0.25) is 0 Å². The van der Waals surface area contributed by atoms with Gasteiger partial charge in [-0.05, 0) is 42.2 Å². The molecule has 1 aliphatic heterocycles. The van der Waals surface area contributed by atoms with Crippen molar-refractivity contribution in [1.82, 2.24) is 0 Å². The first-order valence-electron chi connectivity index (χ1n) is 5.58. The van der Waals surface area contributed by atoms with Crippen molar-refractivity contribution >= 4 is 11.8 Å². The van der Waals surface area contributed by atoms with E-state index in [-0.39, 0.29) is 0 Å². The van der Waals surface area contributed by atoms with E-state index >= 15 is 0 Å². The number of hydrogen-bond donors (Lipinski definition) is 0. The van der Waals surface area contributed by atoms with Crippen LogP contribution in [-0.2, 0) is 0 Å².